The minimum Gasteiger partial charge on any atom is -0.497 e. The summed E-state index contributed by atoms with van der Waals surface area (Å²) in [5.41, 5.74) is 3.31. The summed E-state index contributed by atoms with van der Waals surface area (Å²) in [6.07, 6.45) is 3.27. The normalized spacial score (nSPS) is 17.4. The summed E-state index contributed by atoms with van der Waals surface area (Å²) in [4.78, 5) is 14.8. The average Bonchev–Trinajstić information content (AvgIpc) is 3.21. The second-order valence-electron chi connectivity index (χ2n) is 7.21. The second-order valence-corrected chi connectivity index (χ2v) is 9.15. The maximum absolute atomic E-state index is 12.8. The first kappa shape index (κ1) is 19.0. The number of carbonyl (C=O) groups excluding carboxylic acids is 1. The van der Waals surface area contributed by atoms with Crippen molar-refractivity contribution in [3.8, 4) is 5.75 Å². The van der Waals surface area contributed by atoms with E-state index in [1.54, 1.807) is 36.3 Å². The highest BCUT2D eigenvalue weighted by Crippen LogP contribution is 2.24. The Balaban J connectivity index is 1.43. The molecule has 0 atom stereocenters. The quantitative estimate of drug-likeness (QED) is 0.790. The van der Waals surface area contributed by atoms with Crippen molar-refractivity contribution in [1.82, 2.24) is 9.21 Å². The van der Waals surface area contributed by atoms with Crippen LogP contribution in [-0.2, 0) is 22.9 Å². The van der Waals surface area contributed by atoms with Crippen LogP contribution in [0.1, 0.15) is 27.9 Å². The summed E-state index contributed by atoms with van der Waals surface area (Å²) in [5, 5.41) is 0. The monoisotopic (exact) mass is 400 g/mol. The van der Waals surface area contributed by atoms with E-state index in [0.717, 1.165) is 19.3 Å². The standard InChI is InChI=1S/C21H24N2O4S/c1-27-19-7-9-20(10-8-19)28(25,26)23-13-11-22(12-14-23)21(24)18-6-5-16-3-2-4-17(16)15-18/h5-10,15H,2-4,11-14H2,1H3. The van der Waals surface area contributed by atoms with Crippen molar-refractivity contribution in [2.45, 2.75) is 24.2 Å². The molecule has 1 aliphatic carbocycles. The molecule has 28 heavy (non-hydrogen) atoms. The van der Waals surface area contributed by atoms with Gasteiger partial charge in [0.1, 0.15) is 5.75 Å². The highest BCUT2D eigenvalue weighted by molar-refractivity contribution is 7.89. The maximum Gasteiger partial charge on any atom is 0.253 e. The first-order valence-corrected chi connectivity index (χ1v) is 11.0. The van der Waals surface area contributed by atoms with Crippen molar-refractivity contribution in [3.63, 3.8) is 0 Å². The number of piperazine rings is 1. The highest BCUT2D eigenvalue weighted by atomic mass is 32.2. The number of ether oxygens (including phenoxy) is 1. The van der Waals surface area contributed by atoms with E-state index in [-0.39, 0.29) is 10.8 Å². The van der Waals surface area contributed by atoms with Crippen molar-refractivity contribution < 1.29 is 17.9 Å². The van der Waals surface area contributed by atoms with Crippen molar-refractivity contribution >= 4 is 15.9 Å². The predicted molar refractivity (Wildman–Crippen MR) is 106 cm³/mol. The van der Waals surface area contributed by atoms with E-state index in [4.69, 9.17) is 4.74 Å². The summed E-state index contributed by atoms with van der Waals surface area (Å²) < 4.78 is 32.2. The van der Waals surface area contributed by atoms with Crippen LogP contribution in [0.3, 0.4) is 0 Å². The molecule has 2 aromatic carbocycles. The van der Waals surface area contributed by atoms with E-state index >= 15 is 0 Å². The van der Waals surface area contributed by atoms with Crippen molar-refractivity contribution in [3.05, 3.63) is 59.2 Å². The van der Waals surface area contributed by atoms with E-state index in [0.29, 0.717) is 37.5 Å². The Bertz CT molecular complexity index is 978. The van der Waals surface area contributed by atoms with Gasteiger partial charge in [-0.3, -0.25) is 4.79 Å². The van der Waals surface area contributed by atoms with Crippen LogP contribution in [0.4, 0.5) is 0 Å². The third-order valence-corrected chi connectivity index (χ3v) is 7.48. The van der Waals surface area contributed by atoms with Gasteiger partial charge >= 0.3 is 0 Å². The van der Waals surface area contributed by atoms with Gasteiger partial charge in [0.25, 0.3) is 5.91 Å². The number of hydrogen-bond donors (Lipinski definition) is 0. The van der Waals surface area contributed by atoms with Gasteiger partial charge in [0, 0.05) is 31.7 Å². The van der Waals surface area contributed by atoms with Crippen molar-refractivity contribution in [1.29, 1.82) is 0 Å². The van der Waals surface area contributed by atoms with Crippen LogP contribution in [0.2, 0.25) is 0 Å². The summed E-state index contributed by atoms with van der Waals surface area (Å²) >= 11 is 0. The summed E-state index contributed by atoms with van der Waals surface area (Å²) in [5.74, 6) is 0.597. The van der Waals surface area contributed by atoms with Crippen LogP contribution in [0, 0.1) is 0 Å². The molecule has 0 aromatic heterocycles. The Hall–Kier alpha value is -2.38. The second kappa shape index (κ2) is 7.56. The zero-order chi connectivity index (χ0) is 19.7. The maximum atomic E-state index is 12.8. The number of carbonyl (C=O) groups is 1. The van der Waals surface area contributed by atoms with Crippen molar-refractivity contribution in [2.24, 2.45) is 0 Å². The molecule has 148 valence electrons. The van der Waals surface area contributed by atoms with Gasteiger partial charge in [-0.25, -0.2) is 8.42 Å². The fourth-order valence-corrected chi connectivity index (χ4v) is 5.34. The van der Waals surface area contributed by atoms with Gasteiger partial charge in [0.15, 0.2) is 0 Å². The van der Waals surface area contributed by atoms with Gasteiger partial charge in [-0.15, -0.1) is 0 Å². The fourth-order valence-electron chi connectivity index (χ4n) is 3.92. The molecule has 1 saturated heterocycles. The predicted octanol–water partition coefficient (Wildman–Crippen LogP) is 2.33. The van der Waals surface area contributed by atoms with Crippen molar-refractivity contribution in [2.75, 3.05) is 33.3 Å². The van der Waals surface area contributed by atoms with Gasteiger partial charge in [-0.2, -0.15) is 4.31 Å². The van der Waals surface area contributed by atoms with Gasteiger partial charge in [-0.05, 0) is 66.8 Å². The molecule has 4 rings (SSSR count). The lowest BCUT2D eigenvalue weighted by Crippen LogP contribution is -2.50. The number of aryl methyl sites for hydroxylation is 2. The Labute approximate surface area is 165 Å². The van der Waals surface area contributed by atoms with Crippen LogP contribution in [0.25, 0.3) is 0 Å². The number of methoxy groups -OCH3 is 1. The van der Waals surface area contributed by atoms with E-state index in [2.05, 4.69) is 6.07 Å². The number of sulfonamides is 1. The Morgan fingerprint density at radius 2 is 1.61 bits per heavy atom. The fraction of sp³-hybridized carbons (Fsp3) is 0.381. The van der Waals surface area contributed by atoms with E-state index < -0.39 is 10.0 Å². The molecule has 6 nitrogen and oxygen atoms in total. The largest absolute Gasteiger partial charge is 0.497 e. The molecule has 0 N–H and O–H groups in total. The molecule has 7 heteroatoms. The van der Waals surface area contributed by atoms with E-state index in [1.165, 1.54) is 15.4 Å². The number of fused-ring (bicyclic) bond motifs is 1. The zero-order valence-electron chi connectivity index (χ0n) is 15.9. The van der Waals surface area contributed by atoms with E-state index in [9.17, 15) is 13.2 Å². The highest BCUT2D eigenvalue weighted by Gasteiger charge is 2.30. The lowest BCUT2D eigenvalue weighted by molar-refractivity contribution is 0.0698. The van der Waals surface area contributed by atoms with E-state index in [1.807, 2.05) is 12.1 Å². The Morgan fingerprint density at radius 3 is 2.29 bits per heavy atom. The Kier molecular flexibility index (Phi) is 5.12. The van der Waals surface area contributed by atoms with Crippen LogP contribution >= 0.6 is 0 Å². The molecule has 1 fully saturated rings. The van der Waals surface area contributed by atoms with Gasteiger partial charge in [0.05, 0.1) is 12.0 Å². The minimum absolute atomic E-state index is 0.0174. The van der Waals surface area contributed by atoms with Gasteiger partial charge < -0.3 is 9.64 Å². The molecule has 2 aliphatic rings. The zero-order valence-corrected chi connectivity index (χ0v) is 16.7. The minimum atomic E-state index is -3.57. The first-order valence-electron chi connectivity index (χ1n) is 9.54. The smallest absolute Gasteiger partial charge is 0.253 e. The summed E-state index contributed by atoms with van der Waals surface area (Å²) in [6.45, 7) is 1.38. The molecular weight excluding hydrogens is 376 g/mol. The van der Waals surface area contributed by atoms with Gasteiger partial charge in [-0.1, -0.05) is 6.07 Å². The lowest BCUT2D eigenvalue weighted by Gasteiger charge is -2.34. The molecular formula is C21H24N2O4S. The number of nitrogens with zero attached hydrogens (tertiary/aromatic N) is 2. The third-order valence-electron chi connectivity index (χ3n) is 5.57. The number of benzene rings is 2. The Morgan fingerprint density at radius 1 is 0.929 bits per heavy atom. The van der Waals surface area contributed by atoms with Crippen LogP contribution in [0.15, 0.2) is 47.4 Å². The third kappa shape index (κ3) is 3.52. The first-order chi connectivity index (χ1) is 13.5. The number of amides is 1. The molecule has 1 amide bonds. The summed E-state index contributed by atoms with van der Waals surface area (Å²) in [6, 6.07) is 12.3. The van der Waals surface area contributed by atoms with Gasteiger partial charge in [0.2, 0.25) is 10.0 Å². The van der Waals surface area contributed by atoms with Crippen LogP contribution < -0.4 is 4.74 Å². The molecule has 0 radical (unpaired) electrons. The summed E-state index contributed by atoms with van der Waals surface area (Å²) in [7, 11) is -2.03. The average molecular weight is 401 g/mol. The molecule has 0 bridgehead atoms. The molecule has 2 aromatic rings. The lowest BCUT2D eigenvalue weighted by atomic mass is 10.1. The molecule has 0 unspecified atom stereocenters. The molecule has 0 saturated carbocycles. The SMILES string of the molecule is COc1ccc(S(=O)(=O)N2CCN(C(=O)c3ccc4c(c3)CCC4)CC2)cc1. The topological polar surface area (TPSA) is 66.9 Å². The van der Waals surface area contributed by atoms with Crippen LogP contribution in [0.5, 0.6) is 5.75 Å². The number of rotatable bonds is 4. The number of hydrogen-bond acceptors (Lipinski definition) is 4. The molecule has 1 heterocycles. The molecule has 1 aliphatic heterocycles. The molecule has 0 spiro atoms. The van der Waals surface area contributed by atoms with Crippen LogP contribution in [-0.4, -0.2) is 56.8 Å².